The summed E-state index contributed by atoms with van der Waals surface area (Å²) in [5.41, 5.74) is 4.30. The van der Waals surface area contributed by atoms with Crippen molar-refractivity contribution in [1.29, 1.82) is 0 Å². The molecule has 0 saturated carbocycles. The molecule has 2 aromatic heterocycles. The monoisotopic (exact) mass is 348 g/mol. The number of hydrogen-bond donors (Lipinski definition) is 1. The van der Waals surface area contributed by atoms with E-state index in [0.29, 0.717) is 18.0 Å². The summed E-state index contributed by atoms with van der Waals surface area (Å²) in [6.45, 7) is 6.66. The van der Waals surface area contributed by atoms with Gasteiger partial charge < -0.3 is 5.32 Å². The number of amides is 1. The van der Waals surface area contributed by atoms with Gasteiger partial charge in [0.2, 0.25) is 0 Å². The average molecular weight is 348 g/mol. The zero-order valence-electron chi connectivity index (χ0n) is 15.4. The highest BCUT2D eigenvalue weighted by molar-refractivity contribution is 5.96. The molecule has 0 fully saturated rings. The maximum absolute atomic E-state index is 12.9. The van der Waals surface area contributed by atoms with Crippen molar-refractivity contribution in [3.05, 3.63) is 77.4 Å². The van der Waals surface area contributed by atoms with Gasteiger partial charge in [-0.1, -0.05) is 38.1 Å². The Morgan fingerprint density at radius 2 is 1.92 bits per heavy atom. The van der Waals surface area contributed by atoms with Crippen molar-refractivity contribution in [2.45, 2.75) is 33.7 Å². The number of para-hydroxylation sites is 1. The van der Waals surface area contributed by atoms with Crippen LogP contribution < -0.4 is 5.32 Å². The predicted molar refractivity (Wildman–Crippen MR) is 102 cm³/mol. The number of carbonyl (C=O) groups is 1. The first-order chi connectivity index (χ1) is 12.6. The van der Waals surface area contributed by atoms with Crippen molar-refractivity contribution >= 4 is 5.91 Å². The molecule has 0 aliphatic carbocycles. The van der Waals surface area contributed by atoms with E-state index in [9.17, 15) is 4.79 Å². The number of carbonyl (C=O) groups excluding carboxylic acids is 1. The molecule has 0 atom stereocenters. The second-order valence-corrected chi connectivity index (χ2v) is 6.80. The first-order valence-electron chi connectivity index (χ1n) is 8.87. The van der Waals surface area contributed by atoms with Crippen LogP contribution in [0.15, 0.2) is 54.9 Å². The van der Waals surface area contributed by atoms with Crippen LogP contribution >= 0.6 is 0 Å². The first-order valence-corrected chi connectivity index (χ1v) is 8.87. The third-order valence-corrected chi connectivity index (χ3v) is 4.19. The summed E-state index contributed by atoms with van der Waals surface area (Å²) in [7, 11) is 0. The zero-order chi connectivity index (χ0) is 18.5. The van der Waals surface area contributed by atoms with E-state index in [1.165, 1.54) is 0 Å². The molecule has 0 spiro atoms. The Kier molecular flexibility index (Phi) is 5.46. The molecule has 2 heterocycles. The normalized spacial score (nSPS) is 10.9. The molecule has 0 unspecified atom stereocenters. The van der Waals surface area contributed by atoms with Gasteiger partial charge in [-0.25, -0.2) is 4.68 Å². The molecular weight excluding hydrogens is 324 g/mol. The van der Waals surface area contributed by atoms with Crippen LogP contribution in [-0.2, 0) is 13.0 Å². The van der Waals surface area contributed by atoms with Gasteiger partial charge in [0.25, 0.3) is 5.91 Å². The van der Waals surface area contributed by atoms with Gasteiger partial charge in [0.15, 0.2) is 0 Å². The van der Waals surface area contributed by atoms with Gasteiger partial charge in [0.1, 0.15) is 0 Å². The highest BCUT2D eigenvalue weighted by Gasteiger charge is 2.22. The van der Waals surface area contributed by atoms with Gasteiger partial charge in [-0.05, 0) is 43.0 Å². The van der Waals surface area contributed by atoms with Gasteiger partial charge in [0, 0.05) is 18.9 Å². The quantitative estimate of drug-likeness (QED) is 0.739. The van der Waals surface area contributed by atoms with Crippen LogP contribution in [0.4, 0.5) is 0 Å². The summed E-state index contributed by atoms with van der Waals surface area (Å²) in [6.07, 6.45) is 4.24. The number of hydrogen-bond acceptors (Lipinski definition) is 3. The maximum atomic E-state index is 12.9. The molecule has 0 saturated heterocycles. The average Bonchev–Trinajstić information content (AvgIpc) is 2.97. The number of benzene rings is 1. The van der Waals surface area contributed by atoms with Gasteiger partial charge in [-0.2, -0.15) is 5.10 Å². The molecule has 3 aromatic rings. The molecule has 5 nitrogen and oxygen atoms in total. The third kappa shape index (κ3) is 3.99. The number of pyridine rings is 1. The van der Waals surface area contributed by atoms with Crippen molar-refractivity contribution in [3.8, 4) is 5.69 Å². The fourth-order valence-electron chi connectivity index (χ4n) is 2.98. The zero-order valence-corrected chi connectivity index (χ0v) is 15.4. The highest BCUT2D eigenvalue weighted by atomic mass is 16.1. The van der Waals surface area contributed by atoms with Crippen LogP contribution in [0, 0.1) is 12.8 Å². The van der Waals surface area contributed by atoms with Crippen LogP contribution in [0.25, 0.3) is 5.69 Å². The summed E-state index contributed by atoms with van der Waals surface area (Å²) >= 11 is 0. The Labute approximate surface area is 154 Å². The Bertz CT molecular complexity index is 870. The molecule has 5 heteroatoms. The standard InChI is InChI=1S/C21H24N4O/c1-15(2)12-19-20(21(26)23-14-17-8-7-11-22-13-17)16(3)25(24-19)18-9-5-4-6-10-18/h4-11,13,15H,12,14H2,1-3H3,(H,23,26). The molecule has 1 N–H and O–H groups in total. The SMILES string of the molecule is Cc1c(C(=O)NCc2cccnc2)c(CC(C)C)nn1-c1ccccc1. The molecule has 26 heavy (non-hydrogen) atoms. The topological polar surface area (TPSA) is 59.8 Å². The van der Waals surface area contributed by atoms with Crippen molar-refractivity contribution in [3.63, 3.8) is 0 Å². The van der Waals surface area contributed by atoms with Crippen LogP contribution in [-0.4, -0.2) is 20.7 Å². The van der Waals surface area contributed by atoms with Gasteiger partial charge in [-0.15, -0.1) is 0 Å². The van der Waals surface area contributed by atoms with E-state index in [-0.39, 0.29) is 5.91 Å². The molecular formula is C21H24N4O. The van der Waals surface area contributed by atoms with Gasteiger partial charge in [0.05, 0.1) is 22.6 Å². The summed E-state index contributed by atoms with van der Waals surface area (Å²) < 4.78 is 1.86. The van der Waals surface area contributed by atoms with E-state index in [1.54, 1.807) is 12.4 Å². The Hall–Kier alpha value is -2.95. The summed E-state index contributed by atoms with van der Waals surface area (Å²) in [4.78, 5) is 17.0. The van der Waals surface area contributed by atoms with E-state index in [1.807, 2.05) is 54.1 Å². The van der Waals surface area contributed by atoms with Crippen molar-refractivity contribution in [2.24, 2.45) is 5.92 Å². The Balaban J connectivity index is 1.91. The molecule has 0 radical (unpaired) electrons. The number of aromatic nitrogens is 3. The van der Waals surface area contributed by atoms with Crippen LogP contribution in [0.1, 0.15) is 41.2 Å². The lowest BCUT2D eigenvalue weighted by Crippen LogP contribution is -2.24. The minimum absolute atomic E-state index is 0.0933. The van der Waals surface area contributed by atoms with E-state index in [4.69, 9.17) is 5.10 Å². The molecule has 3 rings (SSSR count). The van der Waals surface area contributed by atoms with Crippen LogP contribution in [0.3, 0.4) is 0 Å². The summed E-state index contributed by atoms with van der Waals surface area (Å²) in [5.74, 6) is 0.322. The Morgan fingerprint density at radius 3 is 2.58 bits per heavy atom. The maximum Gasteiger partial charge on any atom is 0.255 e. The highest BCUT2D eigenvalue weighted by Crippen LogP contribution is 2.21. The number of nitrogens with zero attached hydrogens (tertiary/aromatic N) is 3. The minimum atomic E-state index is -0.0933. The number of nitrogens with one attached hydrogen (secondary N) is 1. The van der Waals surface area contributed by atoms with E-state index >= 15 is 0 Å². The van der Waals surface area contributed by atoms with Crippen molar-refractivity contribution in [1.82, 2.24) is 20.1 Å². The Morgan fingerprint density at radius 1 is 1.15 bits per heavy atom. The minimum Gasteiger partial charge on any atom is -0.348 e. The number of rotatable bonds is 6. The fraction of sp³-hybridized carbons (Fsp3) is 0.286. The van der Waals surface area contributed by atoms with E-state index < -0.39 is 0 Å². The summed E-state index contributed by atoms with van der Waals surface area (Å²) in [5, 5.41) is 7.74. The predicted octanol–water partition coefficient (Wildman–Crippen LogP) is 3.70. The second-order valence-electron chi connectivity index (χ2n) is 6.80. The molecule has 0 bridgehead atoms. The van der Waals surface area contributed by atoms with Crippen molar-refractivity contribution in [2.75, 3.05) is 0 Å². The molecule has 1 amide bonds. The molecule has 0 aliphatic rings. The molecule has 0 aliphatic heterocycles. The van der Waals surface area contributed by atoms with Crippen LogP contribution in [0.5, 0.6) is 0 Å². The van der Waals surface area contributed by atoms with Gasteiger partial charge >= 0.3 is 0 Å². The van der Waals surface area contributed by atoms with Crippen LogP contribution in [0.2, 0.25) is 0 Å². The lowest BCUT2D eigenvalue weighted by molar-refractivity contribution is 0.0949. The van der Waals surface area contributed by atoms with E-state index in [0.717, 1.165) is 29.1 Å². The lowest BCUT2D eigenvalue weighted by atomic mass is 10.0. The van der Waals surface area contributed by atoms with E-state index in [2.05, 4.69) is 24.1 Å². The second kappa shape index (κ2) is 7.95. The largest absolute Gasteiger partial charge is 0.348 e. The van der Waals surface area contributed by atoms with Gasteiger partial charge in [-0.3, -0.25) is 9.78 Å². The molecule has 134 valence electrons. The third-order valence-electron chi connectivity index (χ3n) is 4.19. The molecule has 1 aromatic carbocycles. The first kappa shape index (κ1) is 17.9. The lowest BCUT2D eigenvalue weighted by Gasteiger charge is -2.08. The fourth-order valence-corrected chi connectivity index (χ4v) is 2.98. The van der Waals surface area contributed by atoms with Crippen molar-refractivity contribution < 1.29 is 4.79 Å². The summed E-state index contributed by atoms with van der Waals surface area (Å²) in [6, 6.07) is 13.7. The smallest absolute Gasteiger partial charge is 0.255 e.